The van der Waals surface area contributed by atoms with Crippen molar-refractivity contribution in [2.24, 2.45) is 0 Å². The van der Waals surface area contributed by atoms with Gasteiger partial charge >= 0.3 is 6.09 Å². The Morgan fingerprint density at radius 2 is 2.10 bits per heavy atom. The minimum atomic E-state index is -0.746. The standard InChI is InChI=1S/C16H18N2O3/c1-16(2,3)21-15(20)18-14(10-19)12-6-7-13-11(9-12)5-4-8-17-13/h4-10,14H,1-3H3,(H,18,20). The number of carbonyl (C=O) groups excluding carboxylic acids is 2. The predicted octanol–water partition coefficient (Wildman–Crippen LogP) is 3.00. The van der Waals surface area contributed by atoms with Crippen molar-refractivity contribution in [2.75, 3.05) is 0 Å². The lowest BCUT2D eigenvalue weighted by Crippen LogP contribution is -2.35. The number of nitrogens with one attached hydrogen (secondary N) is 1. The molecule has 1 unspecified atom stereocenters. The van der Waals surface area contributed by atoms with E-state index in [0.29, 0.717) is 11.8 Å². The lowest BCUT2D eigenvalue weighted by Gasteiger charge is -2.21. The summed E-state index contributed by atoms with van der Waals surface area (Å²) in [7, 11) is 0. The minimum absolute atomic E-state index is 0.606. The van der Waals surface area contributed by atoms with Crippen LogP contribution in [0.5, 0.6) is 0 Å². The molecule has 0 saturated heterocycles. The van der Waals surface area contributed by atoms with Gasteiger partial charge in [0.25, 0.3) is 0 Å². The van der Waals surface area contributed by atoms with Gasteiger partial charge in [0.2, 0.25) is 0 Å². The molecule has 0 spiro atoms. The van der Waals surface area contributed by atoms with Crippen LogP contribution in [0, 0.1) is 0 Å². The third kappa shape index (κ3) is 4.02. The Morgan fingerprint density at radius 3 is 2.76 bits per heavy atom. The number of aldehydes is 1. The van der Waals surface area contributed by atoms with Crippen molar-refractivity contribution < 1.29 is 14.3 Å². The second-order valence-corrected chi connectivity index (χ2v) is 5.72. The van der Waals surface area contributed by atoms with Crippen molar-refractivity contribution in [3.05, 3.63) is 42.1 Å². The van der Waals surface area contributed by atoms with Crippen molar-refractivity contribution in [3.63, 3.8) is 0 Å². The number of amides is 1. The van der Waals surface area contributed by atoms with Gasteiger partial charge in [-0.3, -0.25) is 4.98 Å². The maximum atomic E-state index is 11.8. The van der Waals surface area contributed by atoms with Crippen molar-refractivity contribution in [3.8, 4) is 0 Å². The number of rotatable bonds is 3. The summed E-state index contributed by atoms with van der Waals surface area (Å²) in [4.78, 5) is 27.2. The largest absolute Gasteiger partial charge is 0.444 e. The maximum Gasteiger partial charge on any atom is 0.408 e. The molecule has 1 atom stereocenters. The van der Waals surface area contributed by atoms with Crippen LogP contribution in [0.3, 0.4) is 0 Å². The number of aromatic nitrogens is 1. The fourth-order valence-corrected chi connectivity index (χ4v) is 1.92. The van der Waals surface area contributed by atoms with E-state index >= 15 is 0 Å². The van der Waals surface area contributed by atoms with Crippen molar-refractivity contribution in [2.45, 2.75) is 32.4 Å². The third-order valence-corrected chi connectivity index (χ3v) is 2.79. The average Bonchev–Trinajstić information content (AvgIpc) is 2.42. The first-order chi connectivity index (χ1) is 9.89. The SMILES string of the molecule is CC(C)(C)OC(=O)NC(C=O)c1ccc2ncccc2c1. The number of alkyl carbamates (subject to hydrolysis) is 1. The molecule has 0 aliphatic heterocycles. The molecule has 0 fully saturated rings. The minimum Gasteiger partial charge on any atom is -0.444 e. The summed E-state index contributed by atoms with van der Waals surface area (Å²) in [5.74, 6) is 0. The number of benzene rings is 1. The first-order valence-corrected chi connectivity index (χ1v) is 6.68. The summed E-state index contributed by atoms with van der Waals surface area (Å²) in [6.07, 6.45) is 1.77. The lowest BCUT2D eigenvalue weighted by molar-refractivity contribution is -0.109. The Balaban J connectivity index is 2.19. The van der Waals surface area contributed by atoms with Crippen LogP contribution in [-0.4, -0.2) is 23.0 Å². The van der Waals surface area contributed by atoms with Crippen LogP contribution >= 0.6 is 0 Å². The van der Waals surface area contributed by atoms with Gasteiger partial charge in [0.1, 0.15) is 17.9 Å². The first-order valence-electron chi connectivity index (χ1n) is 6.68. The van der Waals surface area contributed by atoms with Gasteiger partial charge in [-0.1, -0.05) is 12.1 Å². The van der Waals surface area contributed by atoms with Crippen LogP contribution in [0.15, 0.2) is 36.5 Å². The number of carbonyl (C=O) groups is 2. The molecule has 21 heavy (non-hydrogen) atoms. The normalized spacial score (nSPS) is 12.7. The molecule has 1 N–H and O–H groups in total. The Bertz CT molecular complexity index is 662. The van der Waals surface area contributed by atoms with Crippen molar-refractivity contribution in [1.29, 1.82) is 0 Å². The van der Waals surface area contributed by atoms with E-state index in [4.69, 9.17) is 4.74 Å². The molecule has 5 nitrogen and oxygen atoms in total. The summed E-state index contributed by atoms with van der Waals surface area (Å²) in [6.45, 7) is 5.30. The number of pyridine rings is 1. The van der Waals surface area contributed by atoms with Crippen LogP contribution in [0.4, 0.5) is 4.79 Å². The predicted molar refractivity (Wildman–Crippen MR) is 79.9 cm³/mol. The molecule has 2 rings (SSSR count). The summed E-state index contributed by atoms with van der Waals surface area (Å²) < 4.78 is 5.16. The van der Waals surface area contributed by atoms with E-state index in [-0.39, 0.29) is 0 Å². The van der Waals surface area contributed by atoms with E-state index in [1.165, 1.54) is 0 Å². The van der Waals surface area contributed by atoms with Crippen LogP contribution in [-0.2, 0) is 9.53 Å². The lowest BCUT2D eigenvalue weighted by atomic mass is 10.1. The van der Waals surface area contributed by atoms with E-state index in [2.05, 4.69) is 10.3 Å². The van der Waals surface area contributed by atoms with Crippen LogP contribution in [0.25, 0.3) is 10.9 Å². The molecule has 1 heterocycles. The molecule has 0 aliphatic rings. The summed E-state index contributed by atoms with van der Waals surface area (Å²) >= 11 is 0. The van der Waals surface area contributed by atoms with Gasteiger partial charge < -0.3 is 14.8 Å². The molecule has 0 aliphatic carbocycles. The highest BCUT2D eigenvalue weighted by molar-refractivity contribution is 5.81. The molecular formula is C16H18N2O3. The molecule has 1 aromatic carbocycles. The third-order valence-electron chi connectivity index (χ3n) is 2.79. The Morgan fingerprint density at radius 1 is 1.33 bits per heavy atom. The number of nitrogens with zero attached hydrogens (tertiary/aromatic N) is 1. The van der Waals surface area contributed by atoms with Crippen molar-refractivity contribution in [1.82, 2.24) is 10.3 Å². The molecule has 0 radical (unpaired) electrons. The molecule has 0 bridgehead atoms. The van der Waals surface area contributed by atoms with Gasteiger partial charge in [-0.15, -0.1) is 0 Å². The monoisotopic (exact) mass is 286 g/mol. The number of hydrogen-bond donors (Lipinski definition) is 1. The van der Waals surface area contributed by atoms with E-state index in [9.17, 15) is 9.59 Å². The van der Waals surface area contributed by atoms with Crippen LogP contribution in [0.1, 0.15) is 32.4 Å². The van der Waals surface area contributed by atoms with Gasteiger partial charge in [-0.05, 0) is 44.5 Å². The molecule has 110 valence electrons. The van der Waals surface area contributed by atoms with E-state index in [0.717, 1.165) is 10.9 Å². The van der Waals surface area contributed by atoms with Gasteiger partial charge in [-0.25, -0.2) is 4.79 Å². The highest BCUT2D eigenvalue weighted by Gasteiger charge is 2.20. The quantitative estimate of drug-likeness (QED) is 0.881. The second-order valence-electron chi connectivity index (χ2n) is 5.72. The fraction of sp³-hybridized carbons (Fsp3) is 0.312. The maximum absolute atomic E-state index is 11.8. The van der Waals surface area contributed by atoms with E-state index in [1.54, 1.807) is 33.0 Å². The molecular weight excluding hydrogens is 268 g/mol. The second kappa shape index (κ2) is 5.91. The van der Waals surface area contributed by atoms with Gasteiger partial charge in [0.15, 0.2) is 0 Å². The molecule has 2 aromatic rings. The topological polar surface area (TPSA) is 68.3 Å². The number of fused-ring (bicyclic) bond motifs is 1. The number of hydrogen-bond acceptors (Lipinski definition) is 4. The molecule has 1 aromatic heterocycles. The molecule has 5 heteroatoms. The van der Waals surface area contributed by atoms with E-state index in [1.807, 2.05) is 24.3 Å². The summed E-state index contributed by atoms with van der Waals surface area (Å²) in [5.41, 5.74) is 0.921. The average molecular weight is 286 g/mol. The highest BCUT2D eigenvalue weighted by atomic mass is 16.6. The Hall–Kier alpha value is -2.43. The Labute approximate surface area is 123 Å². The number of ether oxygens (including phenoxy) is 1. The van der Waals surface area contributed by atoms with E-state index < -0.39 is 17.7 Å². The van der Waals surface area contributed by atoms with Gasteiger partial charge in [-0.2, -0.15) is 0 Å². The smallest absolute Gasteiger partial charge is 0.408 e. The molecule has 1 amide bonds. The van der Waals surface area contributed by atoms with Crippen LogP contribution in [0.2, 0.25) is 0 Å². The zero-order chi connectivity index (χ0) is 15.5. The molecule has 0 saturated carbocycles. The fourth-order valence-electron chi connectivity index (χ4n) is 1.92. The summed E-state index contributed by atoms with van der Waals surface area (Å²) in [6, 6.07) is 8.40. The van der Waals surface area contributed by atoms with Crippen molar-refractivity contribution >= 4 is 23.3 Å². The van der Waals surface area contributed by atoms with Gasteiger partial charge in [0.05, 0.1) is 5.52 Å². The highest BCUT2D eigenvalue weighted by Crippen LogP contribution is 2.18. The first kappa shape index (κ1) is 15.0. The zero-order valence-corrected chi connectivity index (χ0v) is 12.3. The van der Waals surface area contributed by atoms with Gasteiger partial charge in [0, 0.05) is 11.6 Å². The zero-order valence-electron chi connectivity index (χ0n) is 12.3. The Kier molecular flexibility index (Phi) is 4.21. The summed E-state index contributed by atoms with van der Waals surface area (Å²) in [5, 5.41) is 3.46. The van der Waals surface area contributed by atoms with Crippen LogP contribution < -0.4 is 5.32 Å².